The van der Waals surface area contributed by atoms with E-state index in [1.54, 1.807) is 22.9 Å². The van der Waals surface area contributed by atoms with E-state index in [1.807, 2.05) is 36.2 Å². The van der Waals surface area contributed by atoms with E-state index < -0.39 is 0 Å². The summed E-state index contributed by atoms with van der Waals surface area (Å²) in [7, 11) is 1.82. The van der Waals surface area contributed by atoms with Gasteiger partial charge in [-0.3, -0.25) is 9.48 Å². The third-order valence-electron chi connectivity index (χ3n) is 8.71. The number of amides is 1. The summed E-state index contributed by atoms with van der Waals surface area (Å²) in [5.74, 6) is 1.56. The van der Waals surface area contributed by atoms with Crippen LogP contribution < -0.4 is 0 Å². The van der Waals surface area contributed by atoms with Crippen LogP contribution in [0.5, 0.6) is 0 Å². The van der Waals surface area contributed by atoms with Gasteiger partial charge in [0, 0.05) is 49.1 Å². The molecule has 1 amide bonds. The van der Waals surface area contributed by atoms with Crippen molar-refractivity contribution in [2.24, 2.45) is 13.0 Å². The van der Waals surface area contributed by atoms with Gasteiger partial charge in [-0.25, -0.2) is 9.37 Å². The number of aliphatic hydroxyl groups excluding tert-OH is 1. The summed E-state index contributed by atoms with van der Waals surface area (Å²) in [4.78, 5) is 20.5. The van der Waals surface area contributed by atoms with Crippen molar-refractivity contribution in [3.05, 3.63) is 83.9 Å². The number of nitrogens with zero attached hydrogens (tertiary/aromatic N) is 5. The number of benzene rings is 3. The summed E-state index contributed by atoms with van der Waals surface area (Å²) >= 11 is 0. The van der Waals surface area contributed by atoms with Crippen molar-refractivity contribution in [1.29, 1.82) is 0 Å². The molecule has 0 radical (unpaired) electrons. The van der Waals surface area contributed by atoms with Gasteiger partial charge in [0.2, 0.25) is 0 Å². The lowest BCUT2D eigenvalue weighted by molar-refractivity contribution is 0.0351. The molecule has 0 atom stereocenters. The van der Waals surface area contributed by atoms with Gasteiger partial charge in [-0.15, -0.1) is 0 Å². The first kappa shape index (κ1) is 25.0. The molecule has 3 heterocycles. The molecule has 1 N–H and O–H groups in total. The van der Waals surface area contributed by atoms with Gasteiger partial charge in [0.05, 0.1) is 22.7 Å². The van der Waals surface area contributed by atoms with Crippen molar-refractivity contribution in [2.75, 3.05) is 13.1 Å². The maximum atomic E-state index is 14.5. The molecule has 8 heteroatoms. The minimum absolute atomic E-state index is 0.00551. The Morgan fingerprint density at radius 3 is 2.52 bits per heavy atom. The number of hydrogen-bond acceptors (Lipinski definition) is 4. The van der Waals surface area contributed by atoms with Crippen LogP contribution >= 0.6 is 0 Å². The number of hydrogen-bond donors (Lipinski definition) is 1. The second-order valence-corrected chi connectivity index (χ2v) is 11.3. The molecule has 0 spiro atoms. The first-order valence-corrected chi connectivity index (χ1v) is 14.1. The Labute approximate surface area is 231 Å². The fourth-order valence-corrected chi connectivity index (χ4v) is 6.47. The van der Waals surface area contributed by atoms with Crippen LogP contribution in [0.25, 0.3) is 33.2 Å². The first-order chi connectivity index (χ1) is 19.5. The average molecular weight is 538 g/mol. The SMILES string of the molecule is Cn1nc(-c2ccccc2F)c2ccc(C(=O)N3CCC(c4nc5ccccc5n4CC4CC(O)C4)CC3)cc21. The number of halogens is 1. The van der Waals surface area contributed by atoms with Gasteiger partial charge in [0.1, 0.15) is 17.3 Å². The second-order valence-electron chi connectivity index (χ2n) is 11.3. The highest BCUT2D eigenvalue weighted by atomic mass is 19.1. The van der Waals surface area contributed by atoms with E-state index in [9.17, 15) is 14.3 Å². The molecule has 5 aromatic rings. The number of aliphatic hydroxyl groups is 1. The lowest BCUT2D eigenvalue weighted by Gasteiger charge is -2.34. The predicted octanol–water partition coefficient (Wildman–Crippen LogP) is 5.52. The van der Waals surface area contributed by atoms with Crippen LogP contribution in [0.4, 0.5) is 4.39 Å². The summed E-state index contributed by atoms with van der Waals surface area (Å²) < 4.78 is 18.5. The van der Waals surface area contributed by atoms with Crippen molar-refractivity contribution in [2.45, 2.75) is 44.2 Å². The Kier molecular flexibility index (Phi) is 6.15. The van der Waals surface area contributed by atoms with Crippen LogP contribution in [0.2, 0.25) is 0 Å². The fourth-order valence-electron chi connectivity index (χ4n) is 6.47. The fraction of sp³-hybridized carbons (Fsp3) is 0.344. The Hall–Kier alpha value is -4.04. The molecule has 2 aliphatic rings. The number of rotatable bonds is 5. The Bertz CT molecular complexity index is 1730. The van der Waals surface area contributed by atoms with Crippen LogP contribution in [0, 0.1) is 11.7 Å². The Morgan fingerprint density at radius 1 is 1.00 bits per heavy atom. The highest BCUT2D eigenvalue weighted by Crippen LogP contribution is 2.35. The smallest absolute Gasteiger partial charge is 0.253 e. The Balaban J connectivity index is 1.10. The highest BCUT2D eigenvalue weighted by Gasteiger charge is 2.32. The summed E-state index contributed by atoms with van der Waals surface area (Å²) in [6.45, 7) is 2.21. The zero-order valence-corrected chi connectivity index (χ0v) is 22.5. The van der Waals surface area contributed by atoms with Crippen molar-refractivity contribution in [1.82, 2.24) is 24.2 Å². The second kappa shape index (κ2) is 9.86. The summed E-state index contributed by atoms with van der Waals surface area (Å²) in [6.07, 6.45) is 3.24. The number of carbonyl (C=O) groups excluding carboxylic acids is 1. The largest absolute Gasteiger partial charge is 0.393 e. The first-order valence-electron chi connectivity index (χ1n) is 14.1. The summed E-state index contributed by atoms with van der Waals surface area (Å²) in [5, 5.41) is 15.2. The van der Waals surface area contributed by atoms with E-state index in [2.05, 4.69) is 27.9 Å². The molecule has 2 aromatic heterocycles. The number of para-hydroxylation sites is 2. The quantitative estimate of drug-likeness (QED) is 0.320. The average Bonchev–Trinajstić information content (AvgIpc) is 3.49. The van der Waals surface area contributed by atoms with E-state index in [4.69, 9.17) is 4.98 Å². The number of carbonyl (C=O) groups is 1. The zero-order valence-electron chi connectivity index (χ0n) is 22.5. The minimum atomic E-state index is -0.315. The molecule has 1 aliphatic carbocycles. The third-order valence-corrected chi connectivity index (χ3v) is 8.71. The monoisotopic (exact) mass is 537 g/mol. The van der Waals surface area contributed by atoms with E-state index in [0.29, 0.717) is 35.8 Å². The van der Waals surface area contributed by atoms with E-state index in [1.165, 1.54) is 6.07 Å². The number of imidazole rings is 1. The molecule has 204 valence electrons. The Morgan fingerprint density at radius 2 is 1.75 bits per heavy atom. The minimum Gasteiger partial charge on any atom is -0.393 e. The van der Waals surface area contributed by atoms with Gasteiger partial charge in [0.15, 0.2) is 0 Å². The maximum Gasteiger partial charge on any atom is 0.253 e. The van der Waals surface area contributed by atoms with Crippen molar-refractivity contribution in [3.8, 4) is 11.3 Å². The number of likely N-dealkylation sites (tertiary alicyclic amines) is 1. The van der Waals surface area contributed by atoms with Gasteiger partial charge < -0.3 is 14.6 Å². The molecular formula is C32H32FN5O2. The standard InChI is InChI=1S/C32H32FN5O2/c1-36-29-18-22(10-11-25(29)30(35-36)24-6-2-3-7-26(24)33)32(40)37-14-12-21(13-15-37)31-34-27-8-4-5-9-28(27)38(31)19-20-16-23(39)17-20/h2-11,18,20-21,23,39H,12-17,19H2,1H3. The van der Waals surface area contributed by atoms with Crippen molar-refractivity contribution < 1.29 is 14.3 Å². The van der Waals surface area contributed by atoms with Gasteiger partial charge in [-0.05, 0) is 74.1 Å². The van der Waals surface area contributed by atoms with Gasteiger partial charge in [-0.1, -0.05) is 24.3 Å². The number of fused-ring (bicyclic) bond motifs is 2. The number of aromatic nitrogens is 4. The molecule has 0 bridgehead atoms. The molecule has 3 aromatic carbocycles. The third kappa shape index (κ3) is 4.27. The lowest BCUT2D eigenvalue weighted by Crippen LogP contribution is -2.38. The topological polar surface area (TPSA) is 76.2 Å². The molecule has 1 saturated carbocycles. The van der Waals surface area contributed by atoms with Crippen LogP contribution in [0.3, 0.4) is 0 Å². The van der Waals surface area contributed by atoms with Gasteiger partial charge in [-0.2, -0.15) is 5.10 Å². The molecule has 2 fully saturated rings. The van der Waals surface area contributed by atoms with Crippen LogP contribution in [-0.2, 0) is 13.6 Å². The highest BCUT2D eigenvalue weighted by molar-refractivity contribution is 6.01. The molecular weight excluding hydrogens is 505 g/mol. The number of piperidine rings is 1. The summed E-state index contributed by atoms with van der Waals surface area (Å²) in [6, 6.07) is 20.5. The molecule has 7 rings (SSSR count). The number of aryl methyl sites for hydroxylation is 1. The van der Waals surface area contributed by atoms with Gasteiger partial charge in [0.25, 0.3) is 5.91 Å². The predicted molar refractivity (Wildman–Crippen MR) is 152 cm³/mol. The van der Waals surface area contributed by atoms with Crippen molar-refractivity contribution in [3.63, 3.8) is 0 Å². The molecule has 1 aliphatic heterocycles. The normalized spacial score (nSPS) is 19.8. The maximum absolute atomic E-state index is 14.5. The lowest BCUT2D eigenvalue weighted by atomic mass is 9.82. The van der Waals surface area contributed by atoms with Crippen LogP contribution in [0.1, 0.15) is 47.8 Å². The van der Waals surface area contributed by atoms with E-state index in [0.717, 1.165) is 60.0 Å². The summed E-state index contributed by atoms with van der Waals surface area (Å²) in [5.41, 5.74) is 4.61. The zero-order chi connectivity index (χ0) is 27.4. The van der Waals surface area contributed by atoms with Crippen molar-refractivity contribution >= 4 is 27.8 Å². The van der Waals surface area contributed by atoms with Gasteiger partial charge >= 0.3 is 0 Å². The van der Waals surface area contributed by atoms with Crippen LogP contribution in [0.15, 0.2) is 66.7 Å². The van der Waals surface area contributed by atoms with Crippen LogP contribution in [-0.4, -0.2) is 54.4 Å². The molecule has 7 nitrogen and oxygen atoms in total. The van der Waals surface area contributed by atoms with E-state index in [-0.39, 0.29) is 23.7 Å². The van der Waals surface area contributed by atoms with E-state index >= 15 is 0 Å². The molecule has 0 unspecified atom stereocenters. The molecule has 1 saturated heterocycles. The molecule has 40 heavy (non-hydrogen) atoms.